The number of hydrogen-bond acceptors (Lipinski definition) is 1. The number of nitrogens with one attached hydrogen (secondary N) is 1. The van der Waals surface area contributed by atoms with Crippen LogP contribution in [-0.4, -0.2) is 6.54 Å². The molecule has 0 aromatic heterocycles. The third kappa shape index (κ3) is 3.23. The molecule has 0 fully saturated rings. The first kappa shape index (κ1) is 15.1. The van der Waals surface area contributed by atoms with Gasteiger partial charge in [-0.15, -0.1) is 0 Å². The first-order valence-electron chi connectivity index (χ1n) is 7.13. The number of halogens is 1. The number of rotatable bonds is 4. The molecule has 0 aliphatic rings. The summed E-state index contributed by atoms with van der Waals surface area (Å²) >= 11 is 6.19. The summed E-state index contributed by atoms with van der Waals surface area (Å²) in [6, 6.07) is 13.3. The predicted molar refractivity (Wildman–Crippen MR) is 88.5 cm³/mol. The molecule has 1 N–H and O–H groups in total. The molecule has 2 aromatic carbocycles. The van der Waals surface area contributed by atoms with Crippen LogP contribution in [0.5, 0.6) is 0 Å². The lowest BCUT2D eigenvalue weighted by atomic mass is 9.95. The highest BCUT2D eigenvalue weighted by Crippen LogP contribution is 2.30. The van der Waals surface area contributed by atoms with Crippen LogP contribution < -0.4 is 5.32 Å². The van der Waals surface area contributed by atoms with Gasteiger partial charge in [-0.3, -0.25) is 0 Å². The molecule has 0 aliphatic heterocycles. The van der Waals surface area contributed by atoms with Crippen molar-refractivity contribution in [2.45, 2.75) is 33.7 Å². The molecular formula is C18H22ClN. The second-order valence-electron chi connectivity index (χ2n) is 5.32. The van der Waals surface area contributed by atoms with Gasteiger partial charge in [0.1, 0.15) is 0 Å². The zero-order chi connectivity index (χ0) is 14.7. The van der Waals surface area contributed by atoms with E-state index < -0.39 is 0 Å². The molecular weight excluding hydrogens is 266 g/mol. The van der Waals surface area contributed by atoms with Crippen LogP contribution in [0.15, 0.2) is 36.4 Å². The minimum atomic E-state index is 0.369. The average molecular weight is 288 g/mol. The van der Waals surface area contributed by atoms with E-state index in [1.54, 1.807) is 0 Å². The Labute approximate surface area is 127 Å². The maximum atomic E-state index is 6.19. The van der Waals surface area contributed by atoms with Crippen molar-refractivity contribution in [3.8, 4) is 11.1 Å². The molecule has 106 valence electrons. The van der Waals surface area contributed by atoms with Gasteiger partial charge in [0, 0.05) is 11.1 Å². The van der Waals surface area contributed by atoms with E-state index >= 15 is 0 Å². The van der Waals surface area contributed by atoms with Gasteiger partial charge in [-0.05, 0) is 73.3 Å². The zero-order valence-electron chi connectivity index (χ0n) is 12.6. The van der Waals surface area contributed by atoms with Crippen molar-refractivity contribution in [2.24, 2.45) is 0 Å². The highest BCUT2D eigenvalue weighted by molar-refractivity contribution is 6.31. The van der Waals surface area contributed by atoms with Crippen molar-refractivity contribution in [3.63, 3.8) is 0 Å². The Morgan fingerprint density at radius 1 is 1.10 bits per heavy atom. The molecule has 2 aromatic rings. The monoisotopic (exact) mass is 287 g/mol. The molecule has 0 heterocycles. The van der Waals surface area contributed by atoms with Crippen molar-refractivity contribution in [1.29, 1.82) is 0 Å². The van der Waals surface area contributed by atoms with Gasteiger partial charge in [-0.25, -0.2) is 0 Å². The van der Waals surface area contributed by atoms with Crippen LogP contribution in [0.3, 0.4) is 0 Å². The molecule has 0 bridgehead atoms. The fraction of sp³-hybridized carbons (Fsp3) is 0.333. The van der Waals surface area contributed by atoms with Crippen molar-refractivity contribution in [3.05, 3.63) is 58.1 Å². The smallest absolute Gasteiger partial charge is 0.0438 e. The van der Waals surface area contributed by atoms with Gasteiger partial charge < -0.3 is 5.32 Å². The van der Waals surface area contributed by atoms with Crippen molar-refractivity contribution >= 4 is 11.6 Å². The third-order valence-corrected chi connectivity index (χ3v) is 4.12. The number of benzene rings is 2. The van der Waals surface area contributed by atoms with Crippen molar-refractivity contribution in [1.82, 2.24) is 5.32 Å². The zero-order valence-corrected chi connectivity index (χ0v) is 13.4. The molecule has 0 spiro atoms. The highest BCUT2D eigenvalue weighted by atomic mass is 35.5. The summed E-state index contributed by atoms with van der Waals surface area (Å²) in [5.41, 5.74) is 6.17. The topological polar surface area (TPSA) is 12.0 Å². The summed E-state index contributed by atoms with van der Waals surface area (Å²) in [6.07, 6.45) is 0. The fourth-order valence-electron chi connectivity index (χ4n) is 2.49. The second-order valence-corrected chi connectivity index (χ2v) is 5.73. The predicted octanol–water partition coefficient (Wildman–Crippen LogP) is 5.29. The Kier molecular flexibility index (Phi) is 4.85. The summed E-state index contributed by atoms with van der Waals surface area (Å²) in [6.45, 7) is 9.47. The van der Waals surface area contributed by atoms with Gasteiger partial charge in [0.05, 0.1) is 0 Å². The minimum absolute atomic E-state index is 0.369. The normalized spacial score (nSPS) is 12.4. The number of aryl methyl sites for hydroxylation is 2. The molecule has 1 atom stereocenters. The Morgan fingerprint density at radius 2 is 1.85 bits per heavy atom. The van der Waals surface area contributed by atoms with Crippen molar-refractivity contribution < 1.29 is 0 Å². The molecule has 2 rings (SSSR count). The van der Waals surface area contributed by atoms with E-state index in [1.807, 2.05) is 6.07 Å². The van der Waals surface area contributed by atoms with E-state index in [4.69, 9.17) is 11.6 Å². The SMILES string of the molecule is CCNC(C)c1cccc(-c2cc(C)c(Cl)cc2C)c1. The quantitative estimate of drug-likeness (QED) is 0.805. The van der Waals surface area contributed by atoms with Crippen LogP contribution in [0.1, 0.15) is 36.6 Å². The van der Waals surface area contributed by atoms with Gasteiger partial charge in [-0.2, -0.15) is 0 Å². The number of hydrogen-bond donors (Lipinski definition) is 1. The molecule has 0 radical (unpaired) electrons. The van der Waals surface area contributed by atoms with E-state index in [1.165, 1.54) is 22.3 Å². The summed E-state index contributed by atoms with van der Waals surface area (Å²) in [5.74, 6) is 0. The standard InChI is InChI=1S/C18H22ClN/c1-5-20-14(4)15-7-6-8-16(11-15)17-9-13(3)18(19)10-12(17)2/h6-11,14,20H,5H2,1-4H3. The van der Waals surface area contributed by atoms with E-state index in [0.717, 1.165) is 17.1 Å². The van der Waals surface area contributed by atoms with Crippen LogP contribution >= 0.6 is 11.6 Å². The third-order valence-electron chi connectivity index (χ3n) is 3.71. The Bertz CT molecular complexity index is 604. The lowest BCUT2D eigenvalue weighted by Crippen LogP contribution is -2.17. The fourth-order valence-corrected chi connectivity index (χ4v) is 2.71. The van der Waals surface area contributed by atoms with Gasteiger partial charge >= 0.3 is 0 Å². The first-order valence-corrected chi connectivity index (χ1v) is 7.51. The van der Waals surface area contributed by atoms with Gasteiger partial charge in [0.25, 0.3) is 0 Å². The lowest BCUT2D eigenvalue weighted by Gasteiger charge is -2.15. The van der Waals surface area contributed by atoms with Crippen LogP contribution in [0.25, 0.3) is 11.1 Å². The van der Waals surface area contributed by atoms with E-state index in [0.29, 0.717) is 6.04 Å². The van der Waals surface area contributed by atoms with Crippen LogP contribution in [0, 0.1) is 13.8 Å². The summed E-state index contributed by atoms with van der Waals surface area (Å²) in [4.78, 5) is 0. The maximum absolute atomic E-state index is 6.19. The summed E-state index contributed by atoms with van der Waals surface area (Å²) in [5, 5.41) is 4.29. The Balaban J connectivity index is 2.43. The van der Waals surface area contributed by atoms with Crippen LogP contribution in [-0.2, 0) is 0 Å². The Hall–Kier alpha value is -1.31. The van der Waals surface area contributed by atoms with Gasteiger partial charge in [-0.1, -0.05) is 36.7 Å². The largest absolute Gasteiger partial charge is 0.310 e. The van der Waals surface area contributed by atoms with Crippen LogP contribution in [0.2, 0.25) is 5.02 Å². The molecule has 0 saturated heterocycles. The molecule has 1 unspecified atom stereocenters. The van der Waals surface area contributed by atoms with E-state index in [2.05, 4.69) is 63.3 Å². The lowest BCUT2D eigenvalue weighted by molar-refractivity contribution is 0.598. The Morgan fingerprint density at radius 3 is 2.55 bits per heavy atom. The second kappa shape index (κ2) is 6.43. The molecule has 0 saturated carbocycles. The highest BCUT2D eigenvalue weighted by Gasteiger charge is 2.08. The van der Waals surface area contributed by atoms with E-state index in [9.17, 15) is 0 Å². The van der Waals surface area contributed by atoms with Crippen molar-refractivity contribution in [2.75, 3.05) is 6.54 Å². The molecule has 0 aliphatic carbocycles. The average Bonchev–Trinajstić information content (AvgIpc) is 2.43. The summed E-state index contributed by atoms with van der Waals surface area (Å²) in [7, 11) is 0. The van der Waals surface area contributed by atoms with Crippen LogP contribution in [0.4, 0.5) is 0 Å². The summed E-state index contributed by atoms with van der Waals surface area (Å²) < 4.78 is 0. The first-order chi connectivity index (χ1) is 9.52. The van der Waals surface area contributed by atoms with Gasteiger partial charge in [0.15, 0.2) is 0 Å². The molecule has 0 amide bonds. The molecule has 20 heavy (non-hydrogen) atoms. The molecule has 2 heteroatoms. The minimum Gasteiger partial charge on any atom is -0.310 e. The molecule has 1 nitrogen and oxygen atoms in total. The van der Waals surface area contributed by atoms with Gasteiger partial charge in [0.2, 0.25) is 0 Å². The maximum Gasteiger partial charge on any atom is 0.0438 e. The van der Waals surface area contributed by atoms with E-state index in [-0.39, 0.29) is 0 Å².